The lowest BCUT2D eigenvalue weighted by Gasteiger charge is -2.28. The number of hydrogen-bond acceptors (Lipinski definition) is 4. The maximum Gasteiger partial charge on any atom is 0.451 e. The van der Waals surface area contributed by atoms with Crippen molar-refractivity contribution in [1.29, 1.82) is 0 Å². The molecule has 1 saturated carbocycles. The van der Waals surface area contributed by atoms with Crippen molar-refractivity contribution in [1.82, 2.24) is 19.7 Å². The summed E-state index contributed by atoms with van der Waals surface area (Å²) in [5.41, 5.74) is 0. The molecule has 1 aromatic heterocycles. The lowest BCUT2D eigenvalue weighted by Crippen LogP contribution is -2.40. The third kappa shape index (κ3) is 2.34. The van der Waals surface area contributed by atoms with Gasteiger partial charge in [-0.3, -0.25) is 9.59 Å². The molecule has 1 aliphatic heterocycles. The Morgan fingerprint density at radius 2 is 1.90 bits per heavy atom. The number of fused-ring (bicyclic) bond motifs is 1. The molecular formula is C11H11F3N4O3. The number of nitrogens with zero attached hydrogens (tertiary/aromatic N) is 4. The highest BCUT2D eigenvalue weighted by Gasteiger charge is 2.50. The number of rotatable bonds is 2. The first-order valence-electron chi connectivity index (χ1n) is 6.30. The summed E-state index contributed by atoms with van der Waals surface area (Å²) in [4.78, 5) is 24.2. The summed E-state index contributed by atoms with van der Waals surface area (Å²) >= 11 is 0. The fourth-order valence-electron chi connectivity index (χ4n) is 2.53. The van der Waals surface area contributed by atoms with Crippen LogP contribution in [-0.2, 0) is 28.9 Å². The predicted molar refractivity (Wildman–Crippen MR) is 59.7 cm³/mol. The highest BCUT2D eigenvalue weighted by molar-refractivity contribution is 5.89. The molecule has 1 amide bonds. The normalized spacial score (nSPS) is 24.6. The number of halogens is 3. The maximum atomic E-state index is 12.7. The van der Waals surface area contributed by atoms with Crippen LogP contribution in [0.3, 0.4) is 0 Å². The Morgan fingerprint density at radius 3 is 2.48 bits per heavy atom. The summed E-state index contributed by atoms with van der Waals surface area (Å²) in [5.74, 6) is -3.62. The van der Waals surface area contributed by atoms with Crippen molar-refractivity contribution in [2.45, 2.75) is 25.7 Å². The zero-order valence-electron chi connectivity index (χ0n) is 10.7. The van der Waals surface area contributed by atoms with Gasteiger partial charge in [0.25, 0.3) is 0 Å². The van der Waals surface area contributed by atoms with Crippen molar-refractivity contribution < 1.29 is 27.9 Å². The van der Waals surface area contributed by atoms with Crippen LogP contribution in [0.5, 0.6) is 0 Å². The van der Waals surface area contributed by atoms with E-state index in [1.807, 2.05) is 0 Å². The Labute approximate surface area is 116 Å². The second-order valence-corrected chi connectivity index (χ2v) is 5.14. The fraction of sp³-hybridized carbons (Fsp3) is 0.636. The second-order valence-electron chi connectivity index (χ2n) is 5.14. The number of carbonyl (C=O) groups is 2. The summed E-state index contributed by atoms with van der Waals surface area (Å²) in [7, 11) is 0. The van der Waals surface area contributed by atoms with Gasteiger partial charge in [-0.15, -0.1) is 10.2 Å². The van der Waals surface area contributed by atoms with Gasteiger partial charge >= 0.3 is 12.1 Å². The first-order chi connectivity index (χ1) is 9.79. The molecule has 0 saturated heterocycles. The molecule has 1 N–H and O–H groups in total. The van der Waals surface area contributed by atoms with Gasteiger partial charge in [0.2, 0.25) is 11.7 Å². The Morgan fingerprint density at radius 1 is 1.19 bits per heavy atom. The van der Waals surface area contributed by atoms with E-state index >= 15 is 0 Å². The standard InChI is InChI=1S/C11H11F3N4O3/c12-11(13,14)10-16-15-7-4-17(1-2-18(7)10)8(19)5-3-6(5)9(20)21/h5-6H,1-4H2,(H,20,21). The van der Waals surface area contributed by atoms with Crippen molar-refractivity contribution in [3.63, 3.8) is 0 Å². The van der Waals surface area contributed by atoms with Gasteiger partial charge in [-0.25, -0.2) is 0 Å². The van der Waals surface area contributed by atoms with Gasteiger partial charge < -0.3 is 14.6 Å². The quantitative estimate of drug-likeness (QED) is 0.852. The minimum absolute atomic E-state index is 0.0482. The summed E-state index contributed by atoms with van der Waals surface area (Å²) in [6.07, 6.45) is -4.30. The number of amides is 1. The molecule has 0 aromatic carbocycles. The van der Waals surface area contributed by atoms with Gasteiger partial charge in [0.1, 0.15) is 0 Å². The number of carbonyl (C=O) groups excluding carboxylic acids is 1. The van der Waals surface area contributed by atoms with Crippen LogP contribution < -0.4 is 0 Å². The summed E-state index contributed by atoms with van der Waals surface area (Å²) in [6, 6.07) is 0. The highest BCUT2D eigenvalue weighted by atomic mass is 19.4. The van der Waals surface area contributed by atoms with Gasteiger partial charge in [0.05, 0.1) is 18.4 Å². The first kappa shape index (κ1) is 13.8. The third-order valence-electron chi connectivity index (χ3n) is 3.74. The van der Waals surface area contributed by atoms with Crippen LogP contribution in [0.25, 0.3) is 0 Å². The van der Waals surface area contributed by atoms with E-state index in [2.05, 4.69) is 10.2 Å². The Bertz CT molecular complexity index is 612. The summed E-state index contributed by atoms with van der Waals surface area (Å²) < 4.78 is 39.0. The van der Waals surface area contributed by atoms with Crippen molar-refractivity contribution in [2.75, 3.05) is 6.54 Å². The van der Waals surface area contributed by atoms with Crippen LogP contribution in [0, 0.1) is 11.8 Å². The Balaban J connectivity index is 1.73. The molecule has 0 bridgehead atoms. The van der Waals surface area contributed by atoms with Crippen molar-refractivity contribution >= 4 is 11.9 Å². The van der Waals surface area contributed by atoms with Crippen molar-refractivity contribution in [2.24, 2.45) is 11.8 Å². The largest absolute Gasteiger partial charge is 0.481 e. The monoisotopic (exact) mass is 304 g/mol. The number of carboxylic acid groups (broad SMARTS) is 1. The van der Waals surface area contributed by atoms with E-state index in [4.69, 9.17) is 5.11 Å². The molecular weight excluding hydrogens is 293 g/mol. The average Bonchev–Trinajstić information content (AvgIpc) is 3.08. The van der Waals surface area contributed by atoms with E-state index in [1.54, 1.807) is 0 Å². The highest BCUT2D eigenvalue weighted by Crippen LogP contribution is 2.40. The van der Waals surface area contributed by atoms with Crippen LogP contribution in [-0.4, -0.2) is 43.2 Å². The second kappa shape index (κ2) is 4.43. The Hall–Kier alpha value is -2.13. The zero-order valence-corrected chi connectivity index (χ0v) is 10.7. The van der Waals surface area contributed by atoms with Gasteiger partial charge in [-0.05, 0) is 6.42 Å². The van der Waals surface area contributed by atoms with E-state index in [0.29, 0.717) is 0 Å². The van der Waals surface area contributed by atoms with Gasteiger partial charge in [0, 0.05) is 13.1 Å². The molecule has 7 nitrogen and oxygen atoms in total. The molecule has 1 fully saturated rings. The molecule has 0 spiro atoms. The van der Waals surface area contributed by atoms with E-state index in [9.17, 15) is 22.8 Å². The minimum atomic E-state index is -4.58. The predicted octanol–water partition coefficient (Wildman–Crippen LogP) is 0.360. The van der Waals surface area contributed by atoms with Gasteiger partial charge in [-0.1, -0.05) is 0 Å². The molecule has 2 unspecified atom stereocenters. The smallest absolute Gasteiger partial charge is 0.451 e. The SMILES string of the molecule is O=C(O)C1CC1C(=O)N1CCn2c(nnc2C(F)(F)F)C1. The molecule has 1 aliphatic carbocycles. The number of aromatic nitrogens is 3. The van der Waals surface area contributed by atoms with E-state index in [1.165, 1.54) is 4.90 Å². The maximum absolute atomic E-state index is 12.7. The number of aliphatic carboxylic acids is 1. The molecule has 1 aromatic rings. The lowest BCUT2D eigenvalue weighted by atomic mass is 10.2. The van der Waals surface area contributed by atoms with Gasteiger partial charge in [-0.2, -0.15) is 13.2 Å². The third-order valence-corrected chi connectivity index (χ3v) is 3.74. The molecule has 2 heterocycles. The number of hydrogen-bond donors (Lipinski definition) is 1. The molecule has 10 heteroatoms. The summed E-state index contributed by atoms with van der Waals surface area (Å²) in [6.45, 7) is -0.0338. The molecule has 21 heavy (non-hydrogen) atoms. The van der Waals surface area contributed by atoms with Crippen molar-refractivity contribution in [3.05, 3.63) is 11.6 Å². The van der Waals surface area contributed by atoms with Crippen molar-refractivity contribution in [3.8, 4) is 0 Å². The number of alkyl halides is 3. The first-order valence-corrected chi connectivity index (χ1v) is 6.30. The van der Waals surface area contributed by atoms with Gasteiger partial charge in [0.15, 0.2) is 5.82 Å². The fourth-order valence-corrected chi connectivity index (χ4v) is 2.53. The Kier molecular flexibility index (Phi) is 2.92. The minimum Gasteiger partial charge on any atom is -0.481 e. The van der Waals surface area contributed by atoms with E-state index in [-0.39, 0.29) is 37.8 Å². The zero-order chi connectivity index (χ0) is 15.4. The molecule has 2 aliphatic rings. The topological polar surface area (TPSA) is 88.3 Å². The van der Waals surface area contributed by atoms with Crippen LogP contribution >= 0.6 is 0 Å². The average molecular weight is 304 g/mol. The lowest BCUT2D eigenvalue weighted by molar-refractivity contribution is -0.148. The molecule has 3 rings (SSSR count). The molecule has 2 atom stereocenters. The molecule has 114 valence electrons. The summed E-state index contributed by atoms with van der Waals surface area (Å²) in [5, 5.41) is 15.4. The van der Waals surface area contributed by atoms with Crippen LogP contribution in [0.4, 0.5) is 13.2 Å². The number of carboxylic acids is 1. The van der Waals surface area contributed by atoms with Crippen LogP contribution in [0.1, 0.15) is 18.1 Å². The van der Waals surface area contributed by atoms with Crippen LogP contribution in [0.15, 0.2) is 0 Å². The van der Waals surface area contributed by atoms with Crippen LogP contribution in [0.2, 0.25) is 0 Å². The van der Waals surface area contributed by atoms with E-state index in [0.717, 1.165) is 4.57 Å². The van der Waals surface area contributed by atoms with E-state index < -0.39 is 29.8 Å². The molecule has 0 radical (unpaired) electrons.